The molecule has 0 aromatic heterocycles. The summed E-state index contributed by atoms with van der Waals surface area (Å²) in [5, 5.41) is -0.642. The molecule has 2 unspecified atom stereocenters. The Morgan fingerprint density at radius 1 is 1.14 bits per heavy atom. The predicted molar refractivity (Wildman–Crippen MR) is 85.0 cm³/mol. The average molecular weight is 322 g/mol. The van der Waals surface area contributed by atoms with Gasteiger partial charge in [-0.3, -0.25) is 4.79 Å². The van der Waals surface area contributed by atoms with Crippen molar-refractivity contribution in [3.05, 3.63) is 29.8 Å². The van der Waals surface area contributed by atoms with Crippen LogP contribution >= 0.6 is 0 Å². The van der Waals surface area contributed by atoms with Gasteiger partial charge in [-0.05, 0) is 51.7 Å². The van der Waals surface area contributed by atoms with E-state index in [4.69, 9.17) is 4.74 Å². The van der Waals surface area contributed by atoms with E-state index in [9.17, 15) is 13.2 Å². The summed E-state index contributed by atoms with van der Waals surface area (Å²) in [5.74, 6) is 0.435. The van der Waals surface area contributed by atoms with Gasteiger partial charge in [0.15, 0.2) is 15.6 Å². The number of benzene rings is 1. The van der Waals surface area contributed by atoms with Gasteiger partial charge in [-0.25, -0.2) is 8.42 Å². The summed E-state index contributed by atoms with van der Waals surface area (Å²) in [6, 6.07) is 7.27. The van der Waals surface area contributed by atoms with Crippen LogP contribution in [0.25, 0.3) is 0 Å². The number of fused-ring (bicyclic) bond motifs is 2. The summed E-state index contributed by atoms with van der Waals surface area (Å²) in [6.45, 7) is 3.85. The molecule has 22 heavy (non-hydrogen) atoms. The van der Waals surface area contributed by atoms with Crippen molar-refractivity contribution >= 4 is 15.6 Å². The standard InChI is InChI=1S/C17H22O4S/c1-11(2)21-16-6-4-3-5-15(16)17(18)12-9-13-7-8-14(10-12)22(13,19)20/h3-6,11-14H,7-10H2,1-2H3. The second-order valence-corrected chi connectivity index (χ2v) is 9.12. The third-order valence-electron chi connectivity index (χ3n) is 4.72. The maximum absolute atomic E-state index is 12.9. The topological polar surface area (TPSA) is 60.4 Å². The Bertz CT molecular complexity index is 658. The van der Waals surface area contributed by atoms with Gasteiger partial charge in [0.25, 0.3) is 0 Å². The Labute approximate surface area is 131 Å². The minimum absolute atomic E-state index is 0.00290. The molecular weight excluding hydrogens is 300 g/mol. The van der Waals surface area contributed by atoms with E-state index in [1.54, 1.807) is 12.1 Å². The van der Waals surface area contributed by atoms with Gasteiger partial charge in [0.1, 0.15) is 5.75 Å². The number of hydrogen-bond acceptors (Lipinski definition) is 4. The van der Waals surface area contributed by atoms with Gasteiger partial charge in [-0.15, -0.1) is 0 Å². The zero-order chi connectivity index (χ0) is 15.9. The van der Waals surface area contributed by atoms with Crippen molar-refractivity contribution in [1.82, 2.24) is 0 Å². The molecule has 2 atom stereocenters. The third-order valence-corrected chi connectivity index (χ3v) is 7.44. The first-order valence-corrected chi connectivity index (χ1v) is 9.53. The fourth-order valence-electron chi connectivity index (χ4n) is 3.67. The summed E-state index contributed by atoms with van der Waals surface area (Å²) < 4.78 is 30.0. The lowest BCUT2D eigenvalue weighted by Gasteiger charge is -2.27. The molecule has 120 valence electrons. The second-order valence-electron chi connectivity index (χ2n) is 6.61. The molecule has 0 aliphatic carbocycles. The van der Waals surface area contributed by atoms with E-state index >= 15 is 0 Å². The van der Waals surface area contributed by atoms with Crippen molar-refractivity contribution < 1.29 is 17.9 Å². The minimum atomic E-state index is -2.99. The molecule has 2 heterocycles. The highest BCUT2D eigenvalue weighted by atomic mass is 32.2. The number of para-hydroxylation sites is 1. The number of carbonyl (C=O) groups is 1. The maximum atomic E-state index is 12.9. The van der Waals surface area contributed by atoms with E-state index in [2.05, 4.69) is 0 Å². The van der Waals surface area contributed by atoms with Crippen molar-refractivity contribution in [2.75, 3.05) is 0 Å². The van der Waals surface area contributed by atoms with Crippen LogP contribution in [0.3, 0.4) is 0 Å². The summed E-state index contributed by atoms with van der Waals surface area (Å²) in [4.78, 5) is 12.9. The molecule has 2 fully saturated rings. The van der Waals surface area contributed by atoms with E-state index in [1.165, 1.54) is 0 Å². The van der Waals surface area contributed by atoms with Crippen LogP contribution in [0.15, 0.2) is 24.3 Å². The van der Waals surface area contributed by atoms with Gasteiger partial charge in [-0.1, -0.05) is 12.1 Å². The van der Waals surface area contributed by atoms with E-state index in [0.717, 1.165) is 0 Å². The molecule has 4 nitrogen and oxygen atoms in total. The molecule has 3 rings (SSSR count). The number of hydrogen-bond donors (Lipinski definition) is 0. The molecule has 0 saturated carbocycles. The van der Waals surface area contributed by atoms with Crippen LogP contribution in [0.1, 0.15) is 49.9 Å². The fraction of sp³-hybridized carbons (Fsp3) is 0.588. The Hall–Kier alpha value is -1.36. The molecule has 2 aliphatic rings. The van der Waals surface area contributed by atoms with Crippen LogP contribution in [-0.4, -0.2) is 30.8 Å². The van der Waals surface area contributed by atoms with Gasteiger partial charge in [-0.2, -0.15) is 0 Å². The fourth-order valence-corrected chi connectivity index (χ4v) is 6.14. The number of ketones is 1. The Balaban J connectivity index is 1.84. The van der Waals surface area contributed by atoms with Gasteiger partial charge < -0.3 is 4.74 Å². The largest absolute Gasteiger partial charge is 0.490 e. The molecule has 0 spiro atoms. The molecule has 0 N–H and O–H groups in total. The first kappa shape index (κ1) is 15.5. The van der Waals surface area contributed by atoms with Crippen molar-refractivity contribution in [3.8, 4) is 5.75 Å². The highest BCUT2D eigenvalue weighted by Crippen LogP contribution is 2.42. The van der Waals surface area contributed by atoms with Gasteiger partial charge in [0.2, 0.25) is 0 Å². The summed E-state index contributed by atoms with van der Waals surface area (Å²) in [7, 11) is -2.99. The Morgan fingerprint density at radius 2 is 1.73 bits per heavy atom. The van der Waals surface area contributed by atoms with Crippen molar-refractivity contribution in [2.24, 2.45) is 5.92 Å². The number of Topliss-reactive ketones (excluding diaryl/α,β-unsaturated/α-hetero) is 1. The highest BCUT2D eigenvalue weighted by molar-refractivity contribution is 7.93. The van der Waals surface area contributed by atoms with Crippen LogP contribution in [0.5, 0.6) is 5.75 Å². The van der Waals surface area contributed by atoms with Gasteiger partial charge >= 0.3 is 0 Å². The van der Waals surface area contributed by atoms with Crippen molar-refractivity contribution in [1.29, 1.82) is 0 Å². The van der Waals surface area contributed by atoms with Crippen LogP contribution in [0.4, 0.5) is 0 Å². The molecule has 2 saturated heterocycles. The van der Waals surface area contributed by atoms with E-state index < -0.39 is 9.84 Å². The molecular formula is C17H22O4S. The van der Waals surface area contributed by atoms with Crippen molar-refractivity contribution in [2.45, 2.75) is 56.1 Å². The number of carbonyl (C=O) groups excluding carboxylic acids is 1. The molecule has 0 amide bonds. The quantitative estimate of drug-likeness (QED) is 0.800. The molecule has 5 heteroatoms. The highest BCUT2D eigenvalue weighted by Gasteiger charge is 2.48. The van der Waals surface area contributed by atoms with E-state index in [0.29, 0.717) is 37.0 Å². The SMILES string of the molecule is CC(C)Oc1ccccc1C(=O)C1CC2CCC(C1)S2(=O)=O. The Morgan fingerprint density at radius 3 is 2.32 bits per heavy atom. The van der Waals surface area contributed by atoms with Gasteiger partial charge in [0.05, 0.1) is 22.2 Å². The summed E-state index contributed by atoms with van der Waals surface area (Å²) in [6.07, 6.45) is 2.35. The molecule has 1 aromatic carbocycles. The van der Waals surface area contributed by atoms with Crippen molar-refractivity contribution in [3.63, 3.8) is 0 Å². The minimum Gasteiger partial charge on any atom is -0.490 e. The Kier molecular flexibility index (Phi) is 4.02. The third kappa shape index (κ3) is 2.67. The molecule has 1 aromatic rings. The second kappa shape index (κ2) is 5.69. The molecule has 2 aliphatic heterocycles. The van der Waals surface area contributed by atoms with Crippen LogP contribution < -0.4 is 4.74 Å². The predicted octanol–water partition coefficient (Wildman–Crippen LogP) is 3.01. The lowest BCUT2D eigenvalue weighted by Crippen LogP contribution is -2.36. The smallest absolute Gasteiger partial charge is 0.169 e. The lowest BCUT2D eigenvalue weighted by atomic mass is 9.90. The van der Waals surface area contributed by atoms with Crippen LogP contribution in [0.2, 0.25) is 0 Å². The first-order valence-electron chi connectivity index (χ1n) is 7.92. The van der Waals surface area contributed by atoms with Crippen LogP contribution in [-0.2, 0) is 9.84 Å². The number of rotatable bonds is 4. The number of ether oxygens (including phenoxy) is 1. The first-order chi connectivity index (χ1) is 10.4. The number of sulfone groups is 1. The van der Waals surface area contributed by atoms with E-state index in [-0.39, 0.29) is 28.3 Å². The maximum Gasteiger partial charge on any atom is 0.169 e. The molecule has 2 bridgehead atoms. The van der Waals surface area contributed by atoms with E-state index in [1.807, 2.05) is 26.0 Å². The van der Waals surface area contributed by atoms with Crippen LogP contribution in [0, 0.1) is 5.92 Å². The zero-order valence-electron chi connectivity index (χ0n) is 13.0. The summed E-state index contributed by atoms with van der Waals surface area (Å²) >= 11 is 0. The monoisotopic (exact) mass is 322 g/mol. The normalized spacial score (nSPS) is 29.5. The van der Waals surface area contributed by atoms with Gasteiger partial charge in [0, 0.05) is 5.92 Å². The lowest BCUT2D eigenvalue weighted by molar-refractivity contribution is 0.0899. The zero-order valence-corrected chi connectivity index (χ0v) is 13.8. The molecule has 0 radical (unpaired) electrons. The summed E-state index contributed by atoms with van der Waals surface area (Å²) in [5.41, 5.74) is 0.583. The average Bonchev–Trinajstić information content (AvgIpc) is 2.66.